The molecule has 4 heteroatoms. The van der Waals surface area contributed by atoms with Crippen LogP contribution in [0.4, 0.5) is 0 Å². The summed E-state index contributed by atoms with van der Waals surface area (Å²) in [7, 11) is 0. The third kappa shape index (κ3) is 4.90. The largest absolute Gasteiger partial charge is 0.493 e. The Bertz CT molecular complexity index is 598. The minimum atomic E-state index is -0.694. The predicted octanol–water partition coefficient (Wildman–Crippen LogP) is 2.61. The molecule has 0 bridgehead atoms. The fourth-order valence-corrected chi connectivity index (χ4v) is 2.15. The summed E-state index contributed by atoms with van der Waals surface area (Å²) in [5.41, 5.74) is 1.85. The highest BCUT2D eigenvalue weighted by molar-refractivity contribution is 5.76. The van der Waals surface area contributed by atoms with Crippen LogP contribution >= 0.6 is 0 Å². The Labute approximate surface area is 130 Å². The van der Waals surface area contributed by atoms with Gasteiger partial charge in [0.25, 0.3) is 0 Å². The van der Waals surface area contributed by atoms with E-state index in [1.807, 2.05) is 61.5 Å². The van der Waals surface area contributed by atoms with Gasteiger partial charge in [0, 0.05) is 6.54 Å². The number of rotatable bonds is 7. The van der Waals surface area contributed by atoms with Gasteiger partial charge in [-0.1, -0.05) is 42.5 Å². The Balaban J connectivity index is 1.70. The van der Waals surface area contributed by atoms with Crippen LogP contribution in [-0.4, -0.2) is 24.2 Å². The number of aliphatic hydroxyl groups is 1. The summed E-state index contributed by atoms with van der Waals surface area (Å²) >= 11 is 0. The molecule has 2 aromatic carbocycles. The molecule has 1 unspecified atom stereocenters. The second kappa shape index (κ2) is 8.20. The topological polar surface area (TPSA) is 58.6 Å². The van der Waals surface area contributed by atoms with E-state index in [9.17, 15) is 9.90 Å². The van der Waals surface area contributed by atoms with Crippen molar-refractivity contribution >= 4 is 5.91 Å². The van der Waals surface area contributed by atoms with Crippen molar-refractivity contribution in [3.05, 3.63) is 65.7 Å². The first-order valence-corrected chi connectivity index (χ1v) is 7.35. The smallest absolute Gasteiger partial charge is 0.223 e. The zero-order valence-corrected chi connectivity index (χ0v) is 12.7. The standard InChI is InChI=1S/C18H21NO3/c1-14-7-5-6-10-16(14)17(20)13-19-18(21)11-12-22-15-8-3-2-4-9-15/h2-10,17,20H,11-13H2,1H3,(H,19,21). The lowest BCUT2D eigenvalue weighted by Crippen LogP contribution is -2.29. The van der Waals surface area contributed by atoms with Crippen molar-refractivity contribution in [2.24, 2.45) is 0 Å². The number of carbonyl (C=O) groups excluding carboxylic acids is 1. The lowest BCUT2D eigenvalue weighted by Gasteiger charge is -2.14. The molecule has 0 aromatic heterocycles. The minimum Gasteiger partial charge on any atom is -0.493 e. The first kappa shape index (κ1) is 16.0. The number of carbonyl (C=O) groups is 1. The normalized spacial score (nSPS) is 11.7. The molecular weight excluding hydrogens is 278 g/mol. The lowest BCUT2D eigenvalue weighted by atomic mass is 10.0. The van der Waals surface area contributed by atoms with Gasteiger partial charge >= 0.3 is 0 Å². The first-order valence-electron chi connectivity index (χ1n) is 7.35. The molecule has 0 saturated heterocycles. The summed E-state index contributed by atoms with van der Waals surface area (Å²) in [6.07, 6.45) is -0.435. The van der Waals surface area contributed by atoms with Crippen LogP contribution in [-0.2, 0) is 4.79 Å². The summed E-state index contributed by atoms with van der Waals surface area (Å²) in [5, 5.41) is 12.8. The predicted molar refractivity (Wildman–Crippen MR) is 85.7 cm³/mol. The number of para-hydroxylation sites is 1. The van der Waals surface area contributed by atoms with Gasteiger partial charge in [-0.15, -0.1) is 0 Å². The van der Waals surface area contributed by atoms with E-state index in [1.54, 1.807) is 0 Å². The number of benzene rings is 2. The van der Waals surface area contributed by atoms with Crippen molar-refractivity contribution in [1.82, 2.24) is 5.32 Å². The molecule has 22 heavy (non-hydrogen) atoms. The third-order valence-corrected chi connectivity index (χ3v) is 3.38. The molecule has 1 amide bonds. The molecule has 116 valence electrons. The van der Waals surface area contributed by atoms with Crippen LogP contribution < -0.4 is 10.1 Å². The molecule has 1 atom stereocenters. The highest BCUT2D eigenvalue weighted by Gasteiger charge is 2.11. The average molecular weight is 299 g/mol. The van der Waals surface area contributed by atoms with Crippen molar-refractivity contribution in [2.75, 3.05) is 13.2 Å². The molecule has 0 radical (unpaired) electrons. The van der Waals surface area contributed by atoms with Gasteiger partial charge in [0.1, 0.15) is 5.75 Å². The fourth-order valence-electron chi connectivity index (χ4n) is 2.15. The molecule has 2 aromatic rings. The molecule has 0 aliphatic rings. The van der Waals surface area contributed by atoms with Gasteiger partial charge in [-0.25, -0.2) is 0 Å². The molecule has 0 heterocycles. The second-order valence-corrected chi connectivity index (χ2v) is 5.09. The highest BCUT2D eigenvalue weighted by atomic mass is 16.5. The van der Waals surface area contributed by atoms with Crippen LogP contribution in [0, 0.1) is 6.92 Å². The van der Waals surface area contributed by atoms with Crippen molar-refractivity contribution in [3.63, 3.8) is 0 Å². The molecule has 2 N–H and O–H groups in total. The van der Waals surface area contributed by atoms with E-state index < -0.39 is 6.10 Å². The SMILES string of the molecule is Cc1ccccc1C(O)CNC(=O)CCOc1ccccc1. The van der Waals surface area contributed by atoms with E-state index >= 15 is 0 Å². The van der Waals surface area contributed by atoms with Crippen LogP contribution in [0.25, 0.3) is 0 Å². The number of hydrogen-bond donors (Lipinski definition) is 2. The van der Waals surface area contributed by atoms with Crippen LogP contribution in [0.3, 0.4) is 0 Å². The number of aliphatic hydroxyl groups excluding tert-OH is 1. The monoisotopic (exact) mass is 299 g/mol. The van der Waals surface area contributed by atoms with Gasteiger partial charge in [-0.3, -0.25) is 4.79 Å². The van der Waals surface area contributed by atoms with Gasteiger partial charge in [0.15, 0.2) is 0 Å². The fraction of sp³-hybridized carbons (Fsp3) is 0.278. The molecule has 0 aliphatic carbocycles. The zero-order chi connectivity index (χ0) is 15.8. The molecule has 0 aliphatic heterocycles. The zero-order valence-electron chi connectivity index (χ0n) is 12.7. The van der Waals surface area contributed by atoms with Gasteiger partial charge in [0.2, 0.25) is 5.91 Å². The molecule has 0 saturated carbocycles. The molecule has 0 spiro atoms. The minimum absolute atomic E-state index is 0.136. The first-order chi connectivity index (χ1) is 10.7. The summed E-state index contributed by atoms with van der Waals surface area (Å²) in [5.74, 6) is 0.610. The van der Waals surface area contributed by atoms with Crippen LogP contribution in [0.5, 0.6) is 5.75 Å². The average Bonchev–Trinajstić information content (AvgIpc) is 2.54. The van der Waals surface area contributed by atoms with Crippen molar-refractivity contribution in [2.45, 2.75) is 19.4 Å². The van der Waals surface area contributed by atoms with E-state index in [0.29, 0.717) is 6.61 Å². The maximum atomic E-state index is 11.8. The van der Waals surface area contributed by atoms with E-state index in [0.717, 1.165) is 16.9 Å². The van der Waals surface area contributed by atoms with Crippen LogP contribution in [0.15, 0.2) is 54.6 Å². The Kier molecular flexibility index (Phi) is 5.98. The molecule has 4 nitrogen and oxygen atoms in total. The van der Waals surface area contributed by atoms with Crippen molar-refractivity contribution in [1.29, 1.82) is 0 Å². The van der Waals surface area contributed by atoms with Crippen molar-refractivity contribution < 1.29 is 14.6 Å². The summed E-state index contributed by atoms with van der Waals surface area (Å²) in [6.45, 7) is 2.46. The number of hydrogen-bond acceptors (Lipinski definition) is 3. The Morgan fingerprint density at radius 1 is 1.14 bits per heavy atom. The molecule has 2 rings (SSSR count). The second-order valence-electron chi connectivity index (χ2n) is 5.09. The Hall–Kier alpha value is -2.33. The lowest BCUT2D eigenvalue weighted by molar-refractivity contribution is -0.122. The van der Waals surface area contributed by atoms with E-state index in [1.165, 1.54) is 0 Å². The number of ether oxygens (including phenoxy) is 1. The van der Waals surface area contributed by atoms with Crippen LogP contribution in [0.2, 0.25) is 0 Å². The van der Waals surface area contributed by atoms with Gasteiger partial charge < -0.3 is 15.2 Å². The maximum absolute atomic E-state index is 11.8. The van der Waals surface area contributed by atoms with Crippen LogP contribution in [0.1, 0.15) is 23.7 Å². The molecular formula is C18H21NO3. The van der Waals surface area contributed by atoms with Gasteiger partial charge in [-0.2, -0.15) is 0 Å². The highest BCUT2D eigenvalue weighted by Crippen LogP contribution is 2.16. The number of aryl methyl sites for hydroxylation is 1. The quantitative estimate of drug-likeness (QED) is 0.826. The van der Waals surface area contributed by atoms with E-state index in [2.05, 4.69) is 5.32 Å². The summed E-state index contributed by atoms with van der Waals surface area (Å²) in [6, 6.07) is 17.0. The molecule has 0 fully saturated rings. The van der Waals surface area contributed by atoms with Crippen molar-refractivity contribution in [3.8, 4) is 5.75 Å². The van der Waals surface area contributed by atoms with E-state index in [-0.39, 0.29) is 18.9 Å². The summed E-state index contributed by atoms with van der Waals surface area (Å²) in [4.78, 5) is 11.8. The third-order valence-electron chi connectivity index (χ3n) is 3.38. The summed E-state index contributed by atoms with van der Waals surface area (Å²) < 4.78 is 5.46. The maximum Gasteiger partial charge on any atom is 0.223 e. The Morgan fingerprint density at radius 2 is 1.82 bits per heavy atom. The number of amides is 1. The number of nitrogens with one attached hydrogen (secondary N) is 1. The van der Waals surface area contributed by atoms with E-state index in [4.69, 9.17) is 4.74 Å². The Morgan fingerprint density at radius 3 is 2.55 bits per heavy atom. The van der Waals surface area contributed by atoms with Gasteiger partial charge in [0.05, 0.1) is 19.1 Å². The van der Waals surface area contributed by atoms with Gasteiger partial charge in [-0.05, 0) is 30.2 Å².